The molecular formula is C24H46O5. The van der Waals surface area contributed by atoms with Gasteiger partial charge < -0.3 is 24.8 Å². The molecule has 1 rings (SSSR count). The van der Waals surface area contributed by atoms with Gasteiger partial charge >= 0.3 is 0 Å². The van der Waals surface area contributed by atoms with Crippen molar-refractivity contribution in [1.29, 1.82) is 0 Å². The van der Waals surface area contributed by atoms with Gasteiger partial charge in [0.2, 0.25) is 0 Å². The molecule has 1 aliphatic heterocycles. The standard InChI is InChI=1S/C24H46O5/c1-2-3-4-5-6-7-8-9-10-11-12-13-14-15-16-17-18-28-19-22(26)24-23(27)21(25)20-29-24/h16-17,21-27H,2-15,18-20H2,1H3/b17-16+/t21-,22+,23-,24-/m0/s1. The van der Waals surface area contributed by atoms with Crippen LogP contribution < -0.4 is 0 Å². The summed E-state index contributed by atoms with van der Waals surface area (Å²) in [5.41, 5.74) is 0. The summed E-state index contributed by atoms with van der Waals surface area (Å²) in [4.78, 5) is 0. The van der Waals surface area contributed by atoms with Crippen LogP contribution in [0.5, 0.6) is 0 Å². The van der Waals surface area contributed by atoms with Crippen molar-refractivity contribution in [3.05, 3.63) is 12.2 Å². The molecule has 0 unspecified atom stereocenters. The van der Waals surface area contributed by atoms with E-state index in [0.29, 0.717) is 6.61 Å². The van der Waals surface area contributed by atoms with Crippen LogP contribution in [0.4, 0.5) is 0 Å². The van der Waals surface area contributed by atoms with Crippen LogP contribution in [-0.2, 0) is 9.47 Å². The van der Waals surface area contributed by atoms with E-state index in [9.17, 15) is 15.3 Å². The number of allylic oxidation sites excluding steroid dienone is 1. The Balaban J connectivity index is 1.80. The molecule has 0 amide bonds. The summed E-state index contributed by atoms with van der Waals surface area (Å²) >= 11 is 0. The fourth-order valence-corrected chi connectivity index (χ4v) is 3.78. The second-order valence-corrected chi connectivity index (χ2v) is 8.46. The van der Waals surface area contributed by atoms with Crippen LogP contribution >= 0.6 is 0 Å². The van der Waals surface area contributed by atoms with Gasteiger partial charge in [-0.15, -0.1) is 0 Å². The monoisotopic (exact) mass is 414 g/mol. The molecule has 0 aromatic heterocycles. The lowest BCUT2D eigenvalue weighted by Gasteiger charge is -2.20. The van der Waals surface area contributed by atoms with Gasteiger partial charge in [0.25, 0.3) is 0 Å². The number of rotatable bonds is 19. The predicted octanol–water partition coefficient (Wildman–Crippen LogP) is 4.52. The summed E-state index contributed by atoms with van der Waals surface area (Å²) in [7, 11) is 0. The van der Waals surface area contributed by atoms with Gasteiger partial charge in [-0.05, 0) is 12.8 Å². The number of hydrogen-bond acceptors (Lipinski definition) is 5. The summed E-state index contributed by atoms with van der Waals surface area (Å²) in [5.74, 6) is 0. The lowest BCUT2D eigenvalue weighted by atomic mass is 10.0. The first-order valence-corrected chi connectivity index (χ1v) is 12.0. The second-order valence-electron chi connectivity index (χ2n) is 8.46. The Labute approximate surface area is 178 Å². The molecule has 0 aromatic rings. The van der Waals surface area contributed by atoms with E-state index in [1.54, 1.807) is 0 Å². The van der Waals surface area contributed by atoms with Crippen LogP contribution in [0.25, 0.3) is 0 Å². The van der Waals surface area contributed by atoms with E-state index in [1.165, 1.54) is 83.5 Å². The van der Waals surface area contributed by atoms with E-state index in [1.807, 2.05) is 6.08 Å². The van der Waals surface area contributed by atoms with Crippen LogP contribution in [0.15, 0.2) is 12.2 Å². The first kappa shape index (κ1) is 26.6. The maximum absolute atomic E-state index is 9.93. The van der Waals surface area contributed by atoms with Crippen LogP contribution in [-0.4, -0.2) is 59.6 Å². The Hall–Kier alpha value is -0.460. The zero-order valence-corrected chi connectivity index (χ0v) is 18.6. The molecule has 0 spiro atoms. The molecule has 3 N–H and O–H groups in total. The first-order valence-electron chi connectivity index (χ1n) is 12.0. The van der Waals surface area contributed by atoms with Crippen molar-refractivity contribution in [2.45, 2.75) is 121 Å². The van der Waals surface area contributed by atoms with E-state index in [-0.39, 0.29) is 13.2 Å². The minimum atomic E-state index is -1.04. The second kappa shape index (κ2) is 18.3. The minimum Gasteiger partial charge on any atom is -0.388 e. The Morgan fingerprint density at radius 3 is 1.93 bits per heavy atom. The third-order valence-corrected chi connectivity index (χ3v) is 5.71. The first-order chi connectivity index (χ1) is 14.2. The quantitative estimate of drug-likeness (QED) is 0.214. The highest BCUT2D eigenvalue weighted by atomic mass is 16.5. The molecule has 1 fully saturated rings. The molecule has 4 atom stereocenters. The smallest absolute Gasteiger partial charge is 0.114 e. The van der Waals surface area contributed by atoms with E-state index >= 15 is 0 Å². The van der Waals surface area contributed by atoms with Crippen molar-refractivity contribution in [3.63, 3.8) is 0 Å². The summed E-state index contributed by atoms with van der Waals surface area (Å²) in [6.07, 6.45) is 19.4. The molecule has 1 aliphatic rings. The highest BCUT2D eigenvalue weighted by Crippen LogP contribution is 2.18. The normalized spacial score (nSPS) is 23.2. The van der Waals surface area contributed by atoms with Gasteiger partial charge in [0, 0.05) is 0 Å². The van der Waals surface area contributed by atoms with Crippen LogP contribution in [0.1, 0.15) is 96.8 Å². The van der Waals surface area contributed by atoms with E-state index in [2.05, 4.69) is 13.0 Å². The highest BCUT2D eigenvalue weighted by molar-refractivity contribution is 4.88. The Kier molecular flexibility index (Phi) is 16.8. The van der Waals surface area contributed by atoms with Crippen LogP contribution in [0.3, 0.4) is 0 Å². The maximum Gasteiger partial charge on any atom is 0.114 e. The van der Waals surface area contributed by atoms with E-state index in [4.69, 9.17) is 9.47 Å². The molecule has 1 heterocycles. The van der Waals surface area contributed by atoms with Gasteiger partial charge in [0.1, 0.15) is 24.4 Å². The summed E-state index contributed by atoms with van der Waals surface area (Å²) in [6, 6.07) is 0. The fourth-order valence-electron chi connectivity index (χ4n) is 3.78. The largest absolute Gasteiger partial charge is 0.388 e. The molecular weight excluding hydrogens is 368 g/mol. The minimum absolute atomic E-state index is 0.0575. The molecule has 0 bridgehead atoms. The lowest BCUT2D eigenvalue weighted by Crippen LogP contribution is -2.40. The molecule has 5 heteroatoms. The van der Waals surface area contributed by atoms with E-state index in [0.717, 1.165) is 6.42 Å². The predicted molar refractivity (Wildman–Crippen MR) is 118 cm³/mol. The van der Waals surface area contributed by atoms with Crippen molar-refractivity contribution in [1.82, 2.24) is 0 Å². The Bertz CT molecular complexity index is 387. The van der Waals surface area contributed by atoms with Gasteiger partial charge in [-0.25, -0.2) is 0 Å². The number of aliphatic hydroxyl groups is 3. The molecule has 1 saturated heterocycles. The number of ether oxygens (including phenoxy) is 2. The molecule has 0 radical (unpaired) electrons. The van der Waals surface area contributed by atoms with Gasteiger partial charge in [0.05, 0.1) is 19.8 Å². The third kappa shape index (κ3) is 13.5. The van der Waals surface area contributed by atoms with Crippen molar-refractivity contribution in [2.75, 3.05) is 19.8 Å². The molecule has 29 heavy (non-hydrogen) atoms. The van der Waals surface area contributed by atoms with Crippen LogP contribution in [0.2, 0.25) is 0 Å². The van der Waals surface area contributed by atoms with Gasteiger partial charge in [-0.1, -0.05) is 96.1 Å². The zero-order valence-electron chi connectivity index (χ0n) is 18.6. The van der Waals surface area contributed by atoms with Gasteiger partial charge in [-0.2, -0.15) is 0 Å². The fraction of sp³-hybridized carbons (Fsp3) is 0.917. The Morgan fingerprint density at radius 2 is 1.41 bits per heavy atom. The SMILES string of the molecule is CCCCCCCCCCCCCCC/C=C/COC[C@@H](O)[C@@H]1OC[C@H](O)[C@@H]1O. The van der Waals surface area contributed by atoms with Crippen molar-refractivity contribution >= 4 is 0 Å². The van der Waals surface area contributed by atoms with Gasteiger partial charge in [0.15, 0.2) is 0 Å². The Morgan fingerprint density at radius 1 is 0.862 bits per heavy atom. The van der Waals surface area contributed by atoms with Crippen molar-refractivity contribution in [3.8, 4) is 0 Å². The number of unbranched alkanes of at least 4 members (excludes halogenated alkanes) is 13. The molecule has 5 nitrogen and oxygen atoms in total. The lowest BCUT2D eigenvalue weighted by molar-refractivity contribution is -0.0782. The highest BCUT2D eigenvalue weighted by Gasteiger charge is 2.39. The summed E-state index contributed by atoms with van der Waals surface area (Å²) < 4.78 is 10.6. The molecule has 0 aromatic carbocycles. The third-order valence-electron chi connectivity index (χ3n) is 5.71. The summed E-state index contributed by atoms with van der Waals surface area (Å²) in [5, 5.41) is 29.0. The van der Waals surface area contributed by atoms with E-state index < -0.39 is 24.4 Å². The van der Waals surface area contributed by atoms with Crippen LogP contribution in [0, 0.1) is 0 Å². The zero-order chi connectivity index (χ0) is 21.2. The number of aliphatic hydroxyl groups excluding tert-OH is 3. The average Bonchev–Trinajstić information content (AvgIpc) is 3.05. The summed E-state index contributed by atoms with van der Waals surface area (Å²) in [6.45, 7) is 2.87. The van der Waals surface area contributed by atoms with Crippen molar-refractivity contribution in [2.24, 2.45) is 0 Å². The molecule has 0 aliphatic carbocycles. The number of hydrogen-bond donors (Lipinski definition) is 3. The topological polar surface area (TPSA) is 79.2 Å². The maximum atomic E-state index is 9.93. The van der Waals surface area contributed by atoms with Gasteiger partial charge in [-0.3, -0.25) is 0 Å². The molecule has 172 valence electrons. The molecule has 0 saturated carbocycles. The van der Waals surface area contributed by atoms with Crippen molar-refractivity contribution < 1.29 is 24.8 Å². The average molecular weight is 415 g/mol.